The lowest BCUT2D eigenvalue weighted by atomic mass is 9.93. The van der Waals surface area contributed by atoms with Crippen molar-refractivity contribution in [3.05, 3.63) is 5.82 Å². The first-order valence-corrected chi connectivity index (χ1v) is 5.91. The number of nitrogens with zero attached hydrogens (tertiary/aromatic N) is 4. The molecule has 8 heteroatoms. The van der Waals surface area contributed by atoms with Gasteiger partial charge in [0.05, 0.1) is 0 Å². The summed E-state index contributed by atoms with van der Waals surface area (Å²) in [5, 5.41) is 21.6. The quantitative estimate of drug-likeness (QED) is 0.776. The highest BCUT2D eigenvalue weighted by Crippen LogP contribution is 2.21. The van der Waals surface area contributed by atoms with Crippen molar-refractivity contribution in [3.8, 4) is 0 Å². The first-order valence-electron chi connectivity index (χ1n) is 5.91. The highest BCUT2D eigenvalue weighted by Gasteiger charge is 2.26. The molecule has 0 spiro atoms. The van der Waals surface area contributed by atoms with E-state index in [0.717, 1.165) is 12.8 Å². The molecular weight excluding hydrogens is 238 g/mol. The smallest absolute Gasteiger partial charge is 0.303 e. The highest BCUT2D eigenvalue weighted by atomic mass is 16.4. The number of hydrogen-bond donors (Lipinski definition) is 2. The Kier molecular flexibility index (Phi) is 3.85. The van der Waals surface area contributed by atoms with E-state index in [9.17, 15) is 9.59 Å². The molecule has 98 valence electrons. The molecule has 0 aromatic carbocycles. The minimum Gasteiger partial charge on any atom is -0.481 e. The number of amides is 1. The standard InChI is InChI=1S/C10H15N5O3/c16-8(17)4-3-7-2-1-5-15(6-7)10(18)9-11-13-14-12-9/h7H,1-6H2,(H,16,17)(H,11,12,13,14). The van der Waals surface area contributed by atoms with Gasteiger partial charge in [0.25, 0.3) is 11.7 Å². The molecule has 1 fully saturated rings. The molecule has 1 atom stereocenters. The highest BCUT2D eigenvalue weighted by molar-refractivity contribution is 5.90. The largest absolute Gasteiger partial charge is 0.481 e. The lowest BCUT2D eigenvalue weighted by Gasteiger charge is -2.31. The van der Waals surface area contributed by atoms with Gasteiger partial charge in [-0.15, -0.1) is 10.2 Å². The van der Waals surface area contributed by atoms with E-state index in [1.165, 1.54) is 0 Å². The molecule has 1 aromatic heterocycles. The Balaban J connectivity index is 1.90. The van der Waals surface area contributed by atoms with Crippen LogP contribution in [0.2, 0.25) is 0 Å². The van der Waals surface area contributed by atoms with E-state index in [1.807, 2.05) is 0 Å². The summed E-state index contributed by atoms with van der Waals surface area (Å²) in [5.74, 6) is -0.736. The van der Waals surface area contributed by atoms with Crippen molar-refractivity contribution in [2.45, 2.75) is 25.7 Å². The van der Waals surface area contributed by atoms with Crippen molar-refractivity contribution in [1.29, 1.82) is 0 Å². The molecule has 1 saturated heterocycles. The maximum absolute atomic E-state index is 12.0. The summed E-state index contributed by atoms with van der Waals surface area (Å²) in [4.78, 5) is 24.2. The van der Waals surface area contributed by atoms with Crippen LogP contribution in [-0.4, -0.2) is 55.6 Å². The van der Waals surface area contributed by atoms with Crippen LogP contribution < -0.4 is 0 Å². The van der Waals surface area contributed by atoms with Gasteiger partial charge >= 0.3 is 5.97 Å². The molecule has 18 heavy (non-hydrogen) atoms. The van der Waals surface area contributed by atoms with Crippen LogP contribution in [0.15, 0.2) is 0 Å². The number of likely N-dealkylation sites (tertiary alicyclic amines) is 1. The lowest BCUT2D eigenvalue weighted by Crippen LogP contribution is -2.40. The molecule has 2 heterocycles. The second kappa shape index (κ2) is 5.56. The zero-order chi connectivity index (χ0) is 13.0. The molecule has 1 amide bonds. The number of carbonyl (C=O) groups excluding carboxylic acids is 1. The Morgan fingerprint density at radius 2 is 2.33 bits per heavy atom. The molecule has 2 rings (SSSR count). The number of aliphatic carboxylic acids is 1. The van der Waals surface area contributed by atoms with Crippen molar-refractivity contribution >= 4 is 11.9 Å². The Morgan fingerprint density at radius 1 is 1.50 bits per heavy atom. The van der Waals surface area contributed by atoms with E-state index in [0.29, 0.717) is 19.5 Å². The average Bonchev–Trinajstić information content (AvgIpc) is 2.89. The predicted octanol–water partition coefficient (Wildman–Crippen LogP) is -0.0833. The molecule has 8 nitrogen and oxygen atoms in total. The number of rotatable bonds is 4. The number of tetrazole rings is 1. The molecule has 1 aliphatic heterocycles. The fourth-order valence-corrected chi connectivity index (χ4v) is 2.21. The number of carboxylic acids is 1. The van der Waals surface area contributed by atoms with E-state index in [-0.39, 0.29) is 24.1 Å². The van der Waals surface area contributed by atoms with E-state index in [4.69, 9.17) is 5.11 Å². The normalized spacial score (nSPS) is 19.8. The van der Waals surface area contributed by atoms with Crippen molar-refractivity contribution in [2.24, 2.45) is 5.92 Å². The zero-order valence-electron chi connectivity index (χ0n) is 9.87. The van der Waals surface area contributed by atoms with Gasteiger partial charge in [0, 0.05) is 19.5 Å². The van der Waals surface area contributed by atoms with Gasteiger partial charge in [0.15, 0.2) is 0 Å². The van der Waals surface area contributed by atoms with Crippen molar-refractivity contribution in [1.82, 2.24) is 25.5 Å². The van der Waals surface area contributed by atoms with Crippen LogP contribution in [0.5, 0.6) is 0 Å². The summed E-state index contributed by atoms with van der Waals surface area (Å²) in [6.07, 6.45) is 2.59. The van der Waals surface area contributed by atoms with Crippen molar-refractivity contribution in [3.63, 3.8) is 0 Å². The molecular formula is C10H15N5O3. The number of H-pyrrole nitrogens is 1. The van der Waals surface area contributed by atoms with E-state index >= 15 is 0 Å². The van der Waals surface area contributed by atoms with Gasteiger partial charge in [-0.05, 0) is 30.4 Å². The molecule has 1 aromatic rings. The third-order valence-corrected chi connectivity index (χ3v) is 3.11. The van der Waals surface area contributed by atoms with Gasteiger partial charge in [-0.1, -0.05) is 0 Å². The average molecular weight is 253 g/mol. The monoisotopic (exact) mass is 253 g/mol. The minimum absolute atomic E-state index is 0.0638. The van der Waals surface area contributed by atoms with Crippen molar-refractivity contribution < 1.29 is 14.7 Å². The van der Waals surface area contributed by atoms with E-state index in [1.54, 1.807) is 4.90 Å². The van der Waals surface area contributed by atoms with Crippen molar-refractivity contribution in [2.75, 3.05) is 13.1 Å². The first-order chi connectivity index (χ1) is 8.66. The number of carbonyl (C=O) groups is 2. The molecule has 1 unspecified atom stereocenters. The fraction of sp³-hybridized carbons (Fsp3) is 0.700. The maximum atomic E-state index is 12.0. The molecule has 1 aliphatic rings. The summed E-state index contributed by atoms with van der Waals surface area (Å²) in [5.41, 5.74) is 0. The number of carboxylic acid groups (broad SMARTS) is 1. The summed E-state index contributed by atoms with van der Waals surface area (Å²) in [6, 6.07) is 0. The third-order valence-electron chi connectivity index (χ3n) is 3.11. The third kappa shape index (κ3) is 3.02. The first kappa shape index (κ1) is 12.5. The summed E-state index contributed by atoms with van der Waals surface area (Å²) >= 11 is 0. The van der Waals surface area contributed by atoms with Gasteiger partial charge in [-0.2, -0.15) is 5.21 Å². The Labute approximate surface area is 103 Å². The Hall–Kier alpha value is -1.99. The second-order valence-electron chi connectivity index (χ2n) is 4.43. The predicted molar refractivity (Wildman–Crippen MR) is 59.7 cm³/mol. The summed E-state index contributed by atoms with van der Waals surface area (Å²) in [7, 11) is 0. The van der Waals surface area contributed by atoms with Crippen LogP contribution in [0.4, 0.5) is 0 Å². The van der Waals surface area contributed by atoms with Crippen LogP contribution in [-0.2, 0) is 4.79 Å². The van der Waals surface area contributed by atoms with Crippen LogP contribution in [0.1, 0.15) is 36.3 Å². The van der Waals surface area contributed by atoms with Gasteiger partial charge in [-0.3, -0.25) is 9.59 Å². The zero-order valence-corrected chi connectivity index (χ0v) is 9.87. The van der Waals surface area contributed by atoms with Crippen LogP contribution in [0.25, 0.3) is 0 Å². The van der Waals surface area contributed by atoms with Crippen LogP contribution >= 0.6 is 0 Å². The SMILES string of the molecule is O=C(O)CCC1CCCN(C(=O)c2nn[nH]n2)C1. The molecule has 2 N–H and O–H groups in total. The topological polar surface area (TPSA) is 112 Å². The number of hydrogen-bond acceptors (Lipinski definition) is 5. The molecule has 0 bridgehead atoms. The lowest BCUT2D eigenvalue weighted by molar-refractivity contribution is -0.137. The van der Waals surface area contributed by atoms with E-state index < -0.39 is 5.97 Å². The number of aromatic amines is 1. The van der Waals surface area contributed by atoms with Crippen LogP contribution in [0.3, 0.4) is 0 Å². The molecule has 0 radical (unpaired) electrons. The molecule has 0 saturated carbocycles. The van der Waals surface area contributed by atoms with Gasteiger partial charge in [0.1, 0.15) is 0 Å². The van der Waals surface area contributed by atoms with Crippen LogP contribution in [0, 0.1) is 5.92 Å². The van der Waals surface area contributed by atoms with Gasteiger partial charge in [0.2, 0.25) is 0 Å². The van der Waals surface area contributed by atoms with E-state index in [2.05, 4.69) is 20.6 Å². The Bertz CT molecular complexity index is 419. The number of aromatic nitrogens is 4. The maximum Gasteiger partial charge on any atom is 0.303 e. The fourth-order valence-electron chi connectivity index (χ4n) is 2.21. The Morgan fingerprint density at radius 3 is 3.00 bits per heavy atom. The minimum atomic E-state index is -0.795. The van der Waals surface area contributed by atoms with Gasteiger partial charge in [-0.25, -0.2) is 0 Å². The summed E-state index contributed by atoms with van der Waals surface area (Å²) < 4.78 is 0. The summed E-state index contributed by atoms with van der Waals surface area (Å²) in [6.45, 7) is 1.23. The molecule has 0 aliphatic carbocycles. The second-order valence-corrected chi connectivity index (χ2v) is 4.43. The number of piperidine rings is 1. The number of nitrogens with one attached hydrogen (secondary N) is 1. The van der Waals surface area contributed by atoms with Gasteiger partial charge < -0.3 is 10.0 Å².